The van der Waals surface area contributed by atoms with Crippen LogP contribution in [0, 0.1) is 0 Å². The molecule has 0 saturated carbocycles. The van der Waals surface area contributed by atoms with Crippen LogP contribution in [-0.2, 0) is 16.6 Å². The first-order valence-corrected chi connectivity index (χ1v) is 8.48. The Bertz CT molecular complexity index is 691. The Morgan fingerprint density at radius 3 is 2.90 bits per heavy atom. The number of nitrogens with zero attached hydrogens (tertiary/aromatic N) is 2. The summed E-state index contributed by atoms with van der Waals surface area (Å²) in [5.41, 5.74) is 5.48. The minimum atomic E-state index is -3.56. The van der Waals surface area contributed by atoms with Crippen molar-refractivity contribution >= 4 is 38.6 Å². The summed E-state index contributed by atoms with van der Waals surface area (Å²) in [4.78, 5) is 0.779. The second-order valence-corrected chi connectivity index (χ2v) is 7.70. The second-order valence-electron chi connectivity index (χ2n) is 4.23. The summed E-state index contributed by atoms with van der Waals surface area (Å²) >= 11 is 5.88. The highest BCUT2D eigenvalue weighted by atomic mass is 32.2. The van der Waals surface area contributed by atoms with Crippen LogP contribution in [0.2, 0.25) is 0 Å². The molecule has 0 aliphatic rings. The van der Waals surface area contributed by atoms with Gasteiger partial charge in [-0.25, -0.2) is 13.1 Å². The van der Waals surface area contributed by atoms with Gasteiger partial charge >= 0.3 is 0 Å². The number of nitrogens with two attached hydrogens (primary N) is 1. The number of rotatable bonds is 6. The van der Waals surface area contributed by atoms with Crippen LogP contribution in [0.25, 0.3) is 0 Å². The van der Waals surface area contributed by atoms with E-state index in [0.717, 1.165) is 11.3 Å². The van der Waals surface area contributed by atoms with Crippen molar-refractivity contribution in [1.82, 2.24) is 14.5 Å². The summed E-state index contributed by atoms with van der Waals surface area (Å²) in [7, 11) is -3.56. The van der Waals surface area contributed by atoms with E-state index in [9.17, 15) is 8.42 Å². The average Bonchev–Trinajstić information content (AvgIpc) is 2.97. The van der Waals surface area contributed by atoms with Crippen LogP contribution >= 0.6 is 23.6 Å². The van der Waals surface area contributed by atoms with Gasteiger partial charge in [0.2, 0.25) is 10.0 Å². The SMILES string of the molecule is CC(Cn1cccn1)NS(=O)(=O)c1ccc(C(N)=S)s1. The highest BCUT2D eigenvalue weighted by Gasteiger charge is 2.20. The molecule has 9 heteroatoms. The summed E-state index contributed by atoms with van der Waals surface area (Å²) in [6.45, 7) is 2.24. The van der Waals surface area contributed by atoms with Gasteiger partial charge in [0.25, 0.3) is 0 Å². The topological polar surface area (TPSA) is 90.0 Å². The van der Waals surface area contributed by atoms with Gasteiger partial charge in [-0.1, -0.05) is 12.2 Å². The van der Waals surface area contributed by atoms with Crippen LogP contribution < -0.4 is 10.5 Å². The minimum absolute atomic E-state index is 0.195. The van der Waals surface area contributed by atoms with Gasteiger partial charge < -0.3 is 5.73 Å². The zero-order chi connectivity index (χ0) is 14.8. The monoisotopic (exact) mass is 330 g/mol. The lowest BCUT2D eigenvalue weighted by Crippen LogP contribution is -2.35. The Hall–Kier alpha value is -1.29. The van der Waals surface area contributed by atoms with E-state index in [-0.39, 0.29) is 15.2 Å². The lowest BCUT2D eigenvalue weighted by molar-refractivity contribution is 0.494. The van der Waals surface area contributed by atoms with Crippen LogP contribution in [0.15, 0.2) is 34.8 Å². The van der Waals surface area contributed by atoms with Gasteiger partial charge in [0.05, 0.1) is 11.4 Å². The van der Waals surface area contributed by atoms with Crippen molar-refractivity contribution in [2.45, 2.75) is 23.7 Å². The van der Waals surface area contributed by atoms with Crippen molar-refractivity contribution in [3.8, 4) is 0 Å². The molecule has 0 radical (unpaired) electrons. The van der Waals surface area contributed by atoms with Crippen LogP contribution in [-0.4, -0.2) is 29.2 Å². The summed E-state index contributed by atoms with van der Waals surface area (Å²) in [6, 6.07) is 4.62. The van der Waals surface area contributed by atoms with E-state index >= 15 is 0 Å². The van der Waals surface area contributed by atoms with Gasteiger partial charge in [0.15, 0.2) is 0 Å². The van der Waals surface area contributed by atoms with E-state index in [1.807, 2.05) is 0 Å². The predicted octanol–water partition coefficient (Wildman–Crippen LogP) is 0.946. The molecule has 1 atom stereocenters. The van der Waals surface area contributed by atoms with Gasteiger partial charge in [-0.15, -0.1) is 11.3 Å². The quantitative estimate of drug-likeness (QED) is 0.770. The first-order chi connectivity index (χ1) is 9.38. The molecule has 2 aromatic heterocycles. The lowest BCUT2D eigenvalue weighted by Gasteiger charge is -2.13. The third kappa shape index (κ3) is 3.63. The molecule has 2 rings (SSSR count). The molecule has 0 aliphatic carbocycles. The van der Waals surface area contributed by atoms with Crippen molar-refractivity contribution in [3.05, 3.63) is 35.5 Å². The molecule has 3 N–H and O–H groups in total. The summed E-state index contributed by atoms with van der Waals surface area (Å²) in [6.07, 6.45) is 3.43. The van der Waals surface area contributed by atoms with Gasteiger partial charge in [0.1, 0.15) is 9.20 Å². The first-order valence-electron chi connectivity index (χ1n) is 5.78. The van der Waals surface area contributed by atoms with Crippen LogP contribution in [0.1, 0.15) is 11.8 Å². The molecule has 2 aromatic rings. The Balaban J connectivity index is 2.08. The summed E-state index contributed by atoms with van der Waals surface area (Å²) in [5.74, 6) is 0. The second kappa shape index (κ2) is 6.00. The van der Waals surface area contributed by atoms with E-state index in [4.69, 9.17) is 18.0 Å². The Morgan fingerprint density at radius 1 is 1.60 bits per heavy atom. The number of hydrogen-bond donors (Lipinski definition) is 2. The molecular weight excluding hydrogens is 316 g/mol. The Kier molecular flexibility index (Phi) is 4.53. The van der Waals surface area contributed by atoms with Crippen LogP contribution in [0.3, 0.4) is 0 Å². The van der Waals surface area contributed by atoms with E-state index in [2.05, 4.69) is 9.82 Å². The molecule has 0 aliphatic heterocycles. The number of nitrogens with one attached hydrogen (secondary N) is 1. The van der Waals surface area contributed by atoms with Crippen molar-refractivity contribution in [2.24, 2.45) is 5.73 Å². The molecule has 0 aromatic carbocycles. The van der Waals surface area contributed by atoms with E-state index in [1.165, 1.54) is 6.07 Å². The Morgan fingerprint density at radius 2 is 2.35 bits per heavy atom. The molecule has 0 bridgehead atoms. The van der Waals surface area contributed by atoms with Crippen molar-refractivity contribution in [1.29, 1.82) is 0 Å². The number of thiophene rings is 1. The maximum Gasteiger partial charge on any atom is 0.250 e. The minimum Gasteiger partial charge on any atom is -0.389 e. The third-order valence-electron chi connectivity index (χ3n) is 2.47. The third-order valence-corrected chi connectivity index (χ3v) is 6.01. The normalized spacial score (nSPS) is 13.2. The maximum atomic E-state index is 12.2. The number of thiocarbonyl (C=S) groups is 1. The standard InChI is InChI=1S/C11H14N4O2S3/c1-8(7-15-6-2-5-13-15)14-20(16,17)10-4-3-9(19-10)11(12)18/h2-6,8,14H,7H2,1H3,(H2,12,18). The molecular formula is C11H14N4O2S3. The maximum absolute atomic E-state index is 12.2. The molecule has 6 nitrogen and oxygen atoms in total. The fraction of sp³-hybridized carbons (Fsp3) is 0.273. The van der Waals surface area contributed by atoms with E-state index < -0.39 is 10.0 Å². The predicted molar refractivity (Wildman–Crippen MR) is 82.2 cm³/mol. The largest absolute Gasteiger partial charge is 0.389 e. The fourth-order valence-corrected chi connectivity index (χ4v) is 4.25. The van der Waals surface area contributed by atoms with Crippen molar-refractivity contribution in [2.75, 3.05) is 0 Å². The van der Waals surface area contributed by atoms with Gasteiger partial charge in [0, 0.05) is 18.4 Å². The molecule has 20 heavy (non-hydrogen) atoms. The van der Waals surface area contributed by atoms with E-state index in [1.54, 1.807) is 36.1 Å². The summed E-state index contributed by atoms with van der Waals surface area (Å²) in [5, 5.41) is 4.04. The molecule has 0 spiro atoms. The highest BCUT2D eigenvalue weighted by Crippen LogP contribution is 2.21. The average molecular weight is 330 g/mol. The van der Waals surface area contributed by atoms with Gasteiger partial charge in [-0.2, -0.15) is 5.10 Å². The zero-order valence-corrected chi connectivity index (χ0v) is 13.1. The molecule has 0 fully saturated rings. The Labute approximate surface area is 126 Å². The summed E-state index contributed by atoms with van der Waals surface area (Å²) < 4.78 is 28.9. The molecule has 2 heterocycles. The molecule has 1 unspecified atom stereocenters. The lowest BCUT2D eigenvalue weighted by atomic mass is 10.4. The van der Waals surface area contributed by atoms with Crippen molar-refractivity contribution in [3.63, 3.8) is 0 Å². The molecule has 0 saturated heterocycles. The van der Waals surface area contributed by atoms with E-state index in [0.29, 0.717) is 11.4 Å². The van der Waals surface area contributed by atoms with Crippen LogP contribution in [0.4, 0.5) is 0 Å². The highest BCUT2D eigenvalue weighted by molar-refractivity contribution is 7.91. The number of hydrogen-bond acceptors (Lipinski definition) is 5. The first kappa shape index (κ1) is 15.1. The molecule has 108 valence electrons. The smallest absolute Gasteiger partial charge is 0.250 e. The molecule has 0 amide bonds. The van der Waals surface area contributed by atoms with Gasteiger partial charge in [-0.05, 0) is 25.1 Å². The zero-order valence-electron chi connectivity index (χ0n) is 10.7. The number of sulfonamides is 1. The van der Waals surface area contributed by atoms with Gasteiger partial charge in [-0.3, -0.25) is 4.68 Å². The van der Waals surface area contributed by atoms with Crippen molar-refractivity contribution < 1.29 is 8.42 Å². The fourth-order valence-electron chi connectivity index (χ4n) is 1.65. The number of aromatic nitrogens is 2. The van der Waals surface area contributed by atoms with Crippen LogP contribution in [0.5, 0.6) is 0 Å².